The van der Waals surface area contributed by atoms with Gasteiger partial charge in [-0.25, -0.2) is 0 Å². The number of amides is 1. The molecule has 1 aliphatic heterocycles. The molecule has 26 heavy (non-hydrogen) atoms. The van der Waals surface area contributed by atoms with Crippen molar-refractivity contribution < 1.29 is 19.7 Å². The first-order valence-electron chi connectivity index (χ1n) is 8.90. The number of aliphatic hydroxyl groups excluding tert-OH is 2. The Hall–Kier alpha value is -1.90. The number of carbonyl (C=O) groups is 1. The van der Waals surface area contributed by atoms with Crippen LogP contribution in [0.5, 0.6) is 5.75 Å². The lowest BCUT2D eigenvalue weighted by atomic mass is 9.77. The molecule has 0 unspecified atom stereocenters. The van der Waals surface area contributed by atoms with E-state index < -0.39 is 24.2 Å². The van der Waals surface area contributed by atoms with Crippen molar-refractivity contribution in [1.82, 2.24) is 10.6 Å². The SMILES string of the molecule is COc1ccc(N2C(=S)N[C@H]3[C@@H](O)[C@H](O)C[C@@H](C(=O)NC4CC4)[C@@H]32)cc1. The van der Waals surface area contributed by atoms with E-state index in [1.807, 2.05) is 29.2 Å². The topological polar surface area (TPSA) is 94.1 Å². The summed E-state index contributed by atoms with van der Waals surface area (Å²) >= 11 is 5.49. The number of fused-ring (bicyclic) bond motifs is 1. The number of aliphatic hydroxyl groups is 2. The number of rotatable bonds is 4. The molecule has 0 spiro atoms. The first-order valence-corrected chi connectivity index (χ1v) is 9.30. The van der Waals surface area contributed by atoms with Gasteiger partial charge in [-0.05, 0) is 55.7 Å². The van der Waals surface area contributed by atoms with Gasteiger partial charge in [0.05, 0.1) is 31.2 Å². The fourth-order valence-corrected chi connectivity index (χ4v) is 4.28. The predicted octanol–water partition coefficient (Wildman–Crippen LogP) is 0.147. The maximum atomic E-state index is 12.8. The standard InChI is InChI=1S/C18H23N3O4S/c1-25-11-6-4-10(5-7-11)21-15-12(17(24)19-9-2-3-9)8-13(22)16(23)14(15)20-18(21)26/h4-7,9,12-16,22-23H,2-3,8H2,1H3,(H,19,24)(H,20,26)/t12-,13-,14-,15+,16+/m1/s1. The fourth-order valence-electron chi connectivity index (χ4n) is 3.92. The summed E-state index contributed by atoms with van der Waals surface area (Å²) in [5.74, 6) is 0.179. The number of benzene rings is 1. The Kier molecular flexibility index (Phi) is 4.50. The summed E-state index contributed by atoms with van der Waals surface area (Å²) in [6, 6.07) is 6.81. The summed E-state index contributed by atoms with van der Waals surface area (Å²) in [6.07, 6.45) is 0.258. The second-order valence-electron chi connectivity index (χ2n) is 7.22. The minimum absolute atomic E-state index is 0.0848. The van der Waals surface area contributed by atoms with Crippen LogP contribution < -0.4 is 20.3 Å². The molecule has 1 aromatic rings. The Morgan fingerprint density at radius 3 is 2.62 bits per heavy atom. The molecular formula is C18H23N3O4S. The molecule has 2 saturated carbocycles. The van der Waals surface area contributed by atoms with Crippen LogP contribution in [0.1, 0.15) is 19.3 Å². The van der Waals surface area contributed by atoms with Gasteiger partial charge in [-0.2, -0.15) is 0 Å². The van der Waals surface area contributed by atoms with Gasteiger partial charge in [-0.15, -0.1) is 0 Å². The van der Waals surface area contributed by atoms with Crippen LogP contribution in [0, 0.1) is 5.92 Å². The molecule has 4 rings (SSSR count). The molecule has 1 aromatic carbocycles. The lowest BCUT2D eigenvalue weighted by Gasteiger charge is -2.41. The maximum absolute atomic E-state index is 12.8. The second-order valence-corrected chi connectivity index (χ2v) is 7.60. The highest BCUT2D eigenvalue weighted by Gasteiger charge is 2.54. The average molecular weight is 377 g/mol. The van der Waals surface area contributed by atoms with Crippen molar-refractivity contribution in [3.05, 3.63) is 24.3 Å². The number of thiocarbonyl (C=S) groups is 1. The van der Waals surface area contributed by atoms with Gasteiger partial charge in [-0.3, -0.25) is 4.79 Å². The van der Waals surface area contributed by atoms with Crippen LogP contribution >= 0.6 is 12.2 Å². The highest BCUT2D eigenvalue weighted by molar-refractivity contribution is 7.80. The molecule has 140 valence electrons. The first kappa shape index (κ1) is 17.5. The van der Waals surface area contributed by atoms with Crippen molar-refractivity contribution in [3.63, 3.8) is 0 Å². The third-order valence-corrected chi connectivity index (χ3v) is 5.77. The lowest BCUT2D eigenvalue weighted by Crippen LogP contribution is -2.61. The zero-order valence-corrected chi connectivity index (χ0v) is 15.3. The Bertz CT molecular complexity index is 709. The van der Waals surface area contributed by atoms with Gasteiger partial charge in [0.25, 0.3) is 0 Å². The molecule has 4 N–H and O–H groups in total. The molecule has 1 amide bonds. The first-order chi connectivity index (χ1) is 12.5. The molecule has 0 bridgehead atoms. The van der Waals surface area contributed by atoms with Gasteiger partial charge in [0.1, 0.15) is 11.9 Å². The highest BCUT2D eigenvalue weighted by Crippen LogP contribution is 2.37. The Morgan fingerprint density at radius 2 is 2.00 bits per heavy atom. The van der Waals surface area contributed by atoms with Gasteiger partial charge in [-0.1, -0.05) is 0 Å². The van der Waals surface area contributed by atoms with E-state index in [0.717, 1.165) is 24.3 Å². The number of hydrogen-bond donors (Lipinski definition) is 4. The summed E-state index contributed by atoms with van der Waals surface area (Å²) in [5, 5.41) is 27.3. The van der Waals surface area contributed by atoms with Gasteiger partial charge >= 0.3 is 0 Å². The molecule has 3 fully saturated rings. The molecule has 5 atom stereocenters. The van der Waals surface area contributed by atoms with Crippen LogP contribution in [0.25, 0.3) is 0 Å². The number of nitrogens with zero attached hydrogens (tertiary/aromatic N) is 1. The van der Waals surface area contributed by atoms with E-state index in [4.69, 9.17) is 17.0 Å². The van der Waals surface area contributed by atoms with Crippen molar-refractivity contribution in [1.29, 1.82) is 0 Å². The third kappa shape index (κ3) is 3.02. The number of nitrogens with one attached hydrogen (secondary N) is 2. The van der Waals surface area contributed by atoms with Gasteiger partial charge < -0.3 is 30.5 Å². The van der Waals surface area contributed by atoms with Crippen LogP contribution in [-0.2, 0) is 4.79 Å². The zero-order valence-electron chi connectivity index (χ0n) is 14.5. The van der Waals surface area contributed by atoms with Gasteiger partial charge in [0.2, 0.25) is 5.91 Å². The van der Waals surface area contributed by atoms with Crippen molar-refractivity contribution >= 4 is 28.9 Å². The van der Waals surface area contributed by atoms with E-state index in [9.17, 15) is 15.0 Å². The summed E-state index contributed by atoms with van der Waals surface area (Å²) in [6.45, 7) is 0. The largest absolute Gasteiger partial charge is 0.497 e. The molecule has 7 nitrogen and oxygen atoms in total. The molecule has 0 radical (unpaired) electrons. The Labute approximate surface area is 157 Å². The summed E-state index contributed by atoms with van der Waals surface area (Å²) < 4.78 is 5.20. The Morgan fingerprint density at radius 1 is 1.31 bits per heavy atom. The zero-order chi connectivity index (χ0) is 18.4. The fraction of sp³-hybridized carbons (Fsp3) is 0.556. The van der Waals surface area contributed by atoms with Crippen molar-refractivity contribution in [2.24, 2.45) is 5.92 Å². The molecule has 8 heteroatoms. The second kappa shape index (κ2) is 6.68. The van der Waals surface area contributed by atoms with E-state index in [-0.39, 0.29) is 24.4 Å². The minimum Gasteiger partial charge on any atom is -0.497 e. The van der Waals surface area contributed by atoms with E-state index in [1.165, 1.54) is 0 Å². The number of carbonyl (C=O) groups excluding carboxylic acids is 1. The third-order valence-electron chi connectivity index (χ3n) is 5.46. The Balaban J connectivity index is 1.66. The molecule has 1 saturated heterocycles. The van der Waals surface area contributed by atoms with Crippen molar-refractivity contribution in [2.45, 2.75) is 49.6 Å². The smallest absolute Gasteiger partial charge is 0.225 e. The monoisotopic (exact) mass is 377 g/mol. The molecule has 3 aliphatic rings. The van der Waals surface area contributed by atoms with Gasteiger partial charge in [0, 0.05) is 11.7 Å². The van der Waals surface area contributed by atoms with Crippen molar-refractivity contribution in [2.75, 3.05) is 12.0 Å². The summed E-state index contributed by atoms with van der Waals surface area (Å²) in [5.41, 5.74) is 0.823. The number of hydrogen-bond acceptors (Lipinski definition) is 5. The summed E-state index contributed by atoms with van der Waals surface area (Å²) in [7, 11) is 1.60. The van der Waals surface area contributed by atoms with Crippen LogP contribution in [0.15, 0.2) is 24.3 Å². The van der Waals surface area contributed by atoms with Crippen LogP contribution in [-0.4, -0.2) is 58.7 Å². The highest BCUT2D eigenvalue weighted by atomic mass is 32.1. The van der Waals surface area contributed by atoms with Crippen LogP contribution in [0.4, 0.5) is 5.69 Å². The average Bonchev–Trinajstić information content (AvgIpc) is 3.38. The number of anilines is 1. The quantitative estimate of drug-likeness (QED) is 0.555. The number of methoxy groups -OCH3 is 1. The van der Waals surface area contributed by atoms with Gasteiger partial charge in [0.15, 0.2) is 5.11 Å². The van der Waals surface area contributed by atoms with E-state index in [0.29, 0.717) is 5.11 Å². The van der Waals surface area contributed by atoms with Crippen molar-refractivity contribution in [3.8, 4) is 5.75 Å². The maximum Gasteiger partial charge on any atom is 0.225 e. The minimum atomic E-state index is -0.980. The molecular weight excluding hydrogens is 354 g/mol. The predicted molar refractivity (Wildman–Crippen MR) is 100 cm³/mol. The number of ether oxygens (including phenoxy) is 1. The van der Waals surface area contributed by atoms with E-state index in [2.05, 4.69) is 10.6 Å². The van der Waals surface area contributed by atoms with E-state index >= 15 is 0 Å². The lowest BCUT2D eigenvalue weighted by molar-refractivity contribution is -0.131. The summed E-state index contributed by atoms with van der Waals surface area (Å²) in [4.78, 5) is 14.7. The molecule has 1 heterocycles. The molecule has 2 aliphatic carbocycles. The molecule has 0 aromatic heterocycles. The van der Waals surface area contributed by atoms with Crippen LogP contribution in [0.2, 0.25) is 0 Å². The normalized spacial score (nSPS) is 33.4. The van der Waals surface area contributed by atoms with Crippen LogP contribution in [0.3, 0.4) is 0 Å². The van der Waals surface area contributed by atoms with E-state index in [1.54, 1.807) is 7.11 Å².